The van der Waals surface area contributed by atoms with E-state index < -0.39 is 11.5 Å². The Morgan fingerprint density at radius 1 is 1.11 bits per heavy atom. The lowest BCUT2D eigenvalue weighted by atomic mass is 10.0. The van der Waals surface area contributed by atoms with Crippen LogP contribution in [0.3, 0.4) is 0 Å². The summed E-state index contributed by atoms with van der Waals surface area (Å²) in [6.07, 6.45) is 5.04. The summed E-state index contributed by atoms with van der Waals surface area (Å²) in [5.41, 5.74) is 19.7. The van der Waals surface area contributed by atoms with Crippen LogP contribution in [0.5, 0.6) is 0 Å². The summed E-state index contributed by atoms with van der Waals surface area (Å²) in [6, 6.07) is 12.8. The van der Waals surface area contributed by atoms with Crippen LogP contribution < -0.4 is 28.2 Å². The van der Waals surface area contributed by atoms with Crippen LogP contribution in [0.2, 0.25) is 5.02 Å². The normalized spacial score (nSPS) is 11.2. The minimum atomic E-state index is -0.517. The van der Waals surface area contributed by atoms with Crippen LogP contribution >= 0.6 is 11.6 Å². The van der Waals surface area contributed by atoms with Crippen LogP contribution in [-0.4, -0.2) is 40.1 Å². The van der Waals surface area contributed by atoms with Crippen molar-refractivity contribution >= 4 is 28.6 Å². The number of unbranched alkanes of at least 4 members (excludes halogenated alkanes) is 1. The molecule has 0 aliphatic rings. The number of rotatable bonds is 12. The van der Waals surface area contributed by atoms with Gasteiger partial charge in [0.1, 0.15) is 5.65 Å². The average Bonchev–Trinajstić information content (AvgIpc) is 3.30. The number of H-pyrrole nitrogens is 1. The van der Waals surface area contributed by atoms with E-state index in [1.165, 1.54) is 4.57 Å². The number of aromatic amines is 1. The Hall–Kier alpha value is -3.73. The molecule has 0 unspecified atom stereocenters. The van der Waals surface area contributed by atoms with Crippen molar-refractivity contribution in [1.82, 2.24) is 19.9 Å². The topological polar surface area (TPSA) is 153 Å². The lowest BCUT2D eigenvalue weighted by Gasteiger charge is -2.08. The maximum Gasteiger partial charge on any atom is 0.354 e. The first-order chi connectivity index (χ1) is 18.4. The van der Waals surface area contributed by atoms with Gasteiger partial charge in [-0.3, -0.25) is 9.56 Å². The van der Waals surface area contributed by atoms with Crippen LogP contribution in [0.4, 0.5) is 4.39 Å². The molecule has 0 saturated heterocycles. The third-order valence-electron chi connectivity index (χ3n) is 6.16. The van der Waals surface area contributed by atoms with Gasteiger partial charge in [0.2, 0.25) is 0 Å². The molecule has 11 heteroatoms. The highest BCUT2D eigenvalue weighted by Gasteiger charge is 2.15. The summed E-state index contributed by atoms with van der Waals surface area (Å²) in [5.74, 6) is -0.421. The summed E-state index contributed by atoms with van der Waals surface area (Å²) in [7, 11) is 0. The molecule has 2 aromatic carbocycles. The Balaban J connectivity index is 1.51. The van der Waals surface area contributed by atoms with Crippen molar-refractivity contribution in [2.45, 2.75) is 32.2 Å². The molecule has 8 N–H and O–H groups in total. The number of aliphatic imine (C=N–C) groups is 1. The van der Waals surface area contributed by atoms with Gasteiger partial charge in [-0.25, -0.2) is 9.18 Å². The Kier molecular flexibility index (Phi) is 9.11. The number of nitrogens with one attached hydrogen (secondary N) is 2. The molecular weight excluding hydrogens is 507 g/mol. The van der Waals surface area contributed by atoms with Gasteiger partial charge >= 0.3 is 5.69 Å². The van der Waals surface area contributed by atoms with Gasteiger partial charge in [0.15, 0.2) is 11.8 Å². The highest BCUT2D eigenvalue weighted by Crippen LogP contribution is 2.31. The largest absolute Gasteiger partial charge is 0.370 e. The molecule has 0 radical (unpaired) electrons. The molecule has 0 bridgehead atoms. The second kappa shape index (κ2) is 12.7. The maximum absolute atomic E-state index is 14.9. The molecule has 0 aliphatic carbocycles. The quantitative estimate of drug-likeness (QED) is 0.106. The van der Waals surface area contributed by atoms with Crippen LogP contribution in [0.25, 0.3) is 28.0 Å². The zero-order valence-electron chi connectivity index (χ0n) is 21.0. The van der Waals surface area contributed by atoms with Crippen LogP contribution in [0.15, 0.2) is 58.4 Å². The van der Waals surface area contributed by atoms with E-state index in [2.05, 4.69) is 20.3 Å². The van der Waals surface area contributed by atoms with Gasteiger partial charge < -0.3 is 27.5 Å². The Morgan fingerprint density at radius 2 is 1.89 bits per heavy atom. The number of nitrogens with two attached hydrogens (primary N) is 3. The number of nitrogens with zero attached hydrogens (tertiary/aromatic N) is 3. The van der Waals surface area contributed by atoms with Crippen molar-refractivity contribution in [2.24, 2.45) is 22.2 Å². The van der Waals surface area contributed by atoms with Crippen molar-refractivity contribution < 1.29 is 4.39 Å². The lowest BCUT2D eigenvalue weighted by Crippen LogP contribution is -2.23. The van der Waals surface area contributed by atoms with E-state index in [0.717, 1.165) is 43.4 Å². The van der Waals surface area contributed by atoms with Crippen molar-refractivity contribution in [1.29, 1.82) is 0 Å². The smallest absolute Gasteiger partial charge is 0.354 e. The third kappa shape index (κ3) is 6.77. The number of fused-ring (bicyclic) bond motifs is 1. The van der Waals surface area contributed by atoms with Crippen LogP contribution in [0.1, 0.15) is 30.4 Å². The second-order valence-electron chi connectivity index (χ2n) is 9.07. The molecule has 0 atom stereocenters. The standard InChI is InChI=1S/C27H32ClFN8O/c28-22-13-18(4-1-2-9-30)12-21(24(22)29)23-14-19-16-37(27(38)36-25(19)35-23)20-7-5-17(6-8-20)15-33-10-3-11-34-26(31)32/h5-8,12-14,16,33H,1-4,9-11,15,30H2,(H4,31,32,34)(H,35,36,38). The van der Waals surface area contributed by atoms with Gasteiger partial charge in [0.05, 0.1) is 16.4 Å². The summed E-state index contributed by atoms with van der Waals surface area (Å²) >= 11 is 6.19. The fraction of sp³-hybridized carbons (Fsp3) is 0.296. The minimum absolute atomic E-state index is 0.0554. The van der Waals surface area contributed by atoms with Gasteiger partial charge in [0, 0.05) is 30.2 Å². The van der Waals surface area contributed by atoms with Gasteiger partial charge in [-0.15, -0.1) is 0 Å². The number of halogens is 2. The number of guanidine groups is 1. The summed E-state index contributed by atoms with van der Waals surface area (Å²) in [6.45, 7) is 2.63. The number of benzene rings is 2. The SMILES string of the molecule is NCCCCc1cc(Cl)c(F)c(-c2cc3cn(-c4ccc(CNCCCN=C(N)N)cc4)c(=O)nc3[nH]2)c1. The van der Waals surface area contributed by atoms with E-state index in [4.69, 9.17) is 28.8 Å². The number of hydrogen-bond acceptors (Lipinski definition) is 5. The first kappa shape index (κ1) is 27.3. The van der Waals surface area contributed by atoms with Crippen LogP contribution in [0, 0.1) is 5.82 Å². The van der Waals surface area contributed by atoms with E-state index in [-0.39, 0.29) is 11.0 Å². The minimum Gasteiger partial charge on any atom is -0.370 e. The Morgan fingerprint density at radius 3 is 2.63 bits per heavy atom. The summed E-state index contributed by atoms with van der Waals surface area (Å²) in [5, 5.41) is 4.06. The van der Waals surface area contributed by atoms with Crippen molar-refractivity contribution in [3.63, 3.8) is 0 Å². The molecule has 200 valence electrons. The summed E-state index contributed by atoms with van der Waals surface area (Å²) in [4.78, 5) is 24.0. The van der Waals surface area contributed by atoms with Gasteiger partial charge in [-0.05, 0) is 80.2 Å². The number of hydrogen-bond donors (Lipinski definition) is 5. The Bertz CT molecular complexity index is 1480. The summed E-state index contributed by atoms with van der Waals surface area (Å²) < 4.78 is 16.4. The molecule has 0 amide bonds. The molecule has 38 heavy (non-hydrogen) atoms. The fourth-order valence-electron chi connectivity index (χ4n) is 4.20. The lowest BCUT2D eigenvalue weighted by molar-refractivity contribution is 0.630. The van der Waals surface area contributed by atoms with Crippen molar-refractivity contribution in [2.75, 3.05) is 19.6 Å². The Labute approximate surface area is 224 Å². The van der Waals surface area contributed by atoms with Crippen molar-refractivity contribution in [3.8, 4) is 16.9 Å². The molecular formula is C27H32ClFN8O. The molecule has 2 heterocycles. The molecule has 2 aromatic heterocycles. The van der Waals surface area contributed by atoms with Crippen LogP contribution in [-0.2, 0) is 13.0 Å². The predicted molar refractivity (Wildman–Crippen MR) is 151 cm³/mol. The monoisotopic (exact) mass is 538 g/mol. The van der Waals surface area contributed by atoms with Crippen molar-refractivity contribution in [3.05, 3.63) is 81.1 Å². The predicted octanol–water partition coefficient (Wildman–Crippen LogP) is 3.21. The van der Waals surface area contributed by atoms with E-state index in [1.54, 1.807) is 24.4 Å². The zero-order valence-corrected chi connectivity index (χ0v) is 21.8. The maximum atomic E-state index is 14.9. The number of aryl methyl sites for hydroxylation is 1. The third-order valence-corrected chi connectivity index (χ3v) is 6.43. The van der Waals surface area contributed by atoms with Gasteiger partial charge in [0.25, 0.3) is 0 Å². The number of aromatic nitrogens is 3. The highest BCUT2D eigenvalue weighted by atomic mass is 35.5. The van der Waals surface area contributed by atoms with E-state index in [0.29, 0.717) is 47.6 Å². The molecule has 4 rings (SSSR count). The molecule has 0 spiro atoms. The first-order valence-electron chi connectivity index (χ1n) is 12.5. The second-order valence-corrected chi connectivity index (χ2v) is 9.48. The highest BCUT2D eigenvalue weighted by molar-refractivity contribution is 6.31. The molecule has 0 fully saturated rings. The molecule has 0 saturated carbocycles. The fourth-order valence-corrected chi connectivity index (χ4v) is 4.44. The molecule has 9 nitrogen and oxygen atoms in total. The first-order valence-corrected chi connectivity index (χ1v) is 12.9. The van der Waals surface area contributed by atoms with E-state index in [1.807, 2.05) is 24.3 Å². The zero-order chi connectivity index (χ0) is 27.1. The van der Waals surface area contributed by atoms with Gasteiger partial charge in [-0.1, -0.05) is 23.7 Å². The average molecular weight is 539 g/mol. The molecule has 0 aliphatic heterocycles. The van der Waals surface area contributed by atoms with Gasteiger partial charge in [-0.2, -0.15) is 4.98 Å². The van der Waals surface area contributed by atoms with E-state index >= 15 is 0 Å². The van der Waals surface area contributed by atoms with E-state index in [9.17, 15) is 9.18 Å². The molecule has 4 aromatic rings.